The maximum atomic E-state index is 6.29. The SMILES string of the molecule is CNC(Cc1nccs1)c1ccc(C)cc1Cl. The lowest BCUT2D eigenvalue weighted by Crippen LogP contribution is -2.19. The van der Waals surface area contributed by atoms with E-state index in [-0.39, 0.29) is 6.04 Å². The second-order valence-corrected chi connectivity index (χ2v) is 5.38. The number of hydrogen-bond acceptors (Lipinski definition) is 3. The third-order valence-electron chi connectivity index (χ3n) is 2.74. The van der Waals surface area contributed by atoms with Crippen LogP contribution in [0.15, 0.2) is 29.8 Å². The van der Waals surface area contributed by atoms with Gasteiger partial charge in [-0.15, -0.1) is 11.3 Å². The molecule has 0 amide bonds. The summed E-state index contributed by atoms with van der Waals surface area (Å²) in [6.45, 7) is 2.05. The van der Waals surface area contributed by atoms with E-state index in [9.17, 15) is 0 Å². The number of aromatic nitrogens is 1. The molecular weight excluding hydrogens is 252 g/mol. The Morgan fingerprint density at radius 3 is 2.88 bits per heavy atom. The summed E-state index contributed by atoms with van der Waals surface area (Å²) in [6, 6.07) is 6.40. The number of hydrogen-bond donors (Lipinski definition) is 1. The van der Waals surface area contributed by atoms with Crippen molar-refractivity contribution < 1.29 is 0 Å². The van der Waals surface area contributed by atoms with Crippen molar-refractivity contribution in [1.29, 1.82) is 0 Å². The fourth-order valence-electron chi connectivity index (χ4n) is 1.81. The number of benzene rings is 1. The van der Waals surface area contributed by atoms with E-state index in [1.165, 1.54) is 5.56 Å². The van der Waals surface area contributed by atoms with Crippen LogP contribution in [0, 0.1) is 6.92 Å². The van der Waals surface area contributed by atoms with Crippen LogP contribution in [-0.4, -0.2) is 12.0 Å². The lowest BCUT2D eigenvalue weighted by molar-refractivity contribution is 0.590. The van der Waals surface area contributed by atoms with Crippen LogP contribution in [0.5, 0.6) is 0 Å². The molecule has 1 N–H and O–H groups in total. The van der Waals surface area contributed by atoms with Crippen LogP contribution >= 0.6 is 22.9 Å². The molecule has 1 aromatic heterocycles. The standard InChI is InChI=1S/C13H15ClN2S/c1-9-3-4-10(11(14)7-9)12(15-2)8-13-16-5-6-17-13/h3-7,12,15H,8H2,1-2H3. The van der Waals surface area contributed by atoms with Crippen molar-refractivity contribution in [2.75, 3.05) is 7.05 Å². The van der Waals surface area contributed by atoms with Gasteiger partial charge in [0.15, 0.2) is 0 Å². The van der Waals surface area contributed by atoms with Gasteiger partial charge in [-0.1, -0.05) is 23.7 Å². The topological polar surface area (TPSA) is 24.9 Å². The number of nitrogens with zero attached hydrogens (tertiary/aromatic N) is 1. The summed E-state index contributed by atoms with van der Waals surface area (Å²) in [5, 5.41) is 7.24. The normalized spacial score (nSPS) is 12.6. The number of halogens is 1. The predicted octanol–water partition coefficient (Wildman–Crippen LogP) is 3.61. The van der Waals surface area contributed by atoms with Gasteiger partial charge in [0, 0.05) is 29.1 Å². The quantitative estimate of drug-likeness (QED) is 0.915. The smallest absolute Gasteiger partial charge is 0.0943 e. The Balaban J connectivity index is 2.23. The highest BCUT2D eigenvalue weighted by molar-refractivity contribution is 7.09. The van der Waals surface area contributed by atoms with Crippen LogP contribution in [-0.2, 0) is 6.42 Å². The lowest BCUT2D eigenvalue weighted by atomic mass is 10.0. The second-order valence-electron chi connectivity index (χ2n) is 4.00. The fraction of sp³-hybridized carbons (Fsp3) is 0.308. The lowest BCUT2D eigenvalue weighted by Gasteiger charge is -2.17. The van der Waals surface area contributed by atoms with Gasteiger partial charge in [0.1, 0.15) is 0 Å². The number of rotatable bonds is 4. The number of likely N-dealkylation sites (N-methyl/N-ethyl adjacent to an activating group) is 1. The average Bonchev–Trinajstić information content (AvgIpc) is 2.79. The molecule has 0 saturated carbocycles. The zero-order valence-corrected chi connectivity index (χ0v) is 11.5. The zero-order valence-electron chi connectivity index (χ0n) is 9.90. The first-order valence-electron chi connectivity index (χ1n) is 5.52. The minimum Gasteiger partial charge on any atom is -0.313 e. The summed E-state index contributed by atoms with van der Waals surface area (Å²) in [6.07, 6.45) is 2.71. The molecule has 0 fully saturated rings. The molecule has 1 heterocycles. The molecule has 2 aromatic rings. The summed E-state index contributed by atoms with van der Waals surface area (Å²) < 4.78 is 0. The number of nitrogens with one attached hydrogen (secondary N) is 1. The minimum absolute atomic E-state index is 0.217. The fourth-order valence-corrected chi connectivity index (χ4v) is 2.84. The maximum Gasteiger partial charge on any atom is 0.0943 e. The van der Waals surface area contributed by atoms with E-state index in [2.05, 4.69) is 22.4 Å². The predicted molar refractivity (Wildman–Crippen MR) is 73.8 cm³/mol. The zero-order chi connectivity index (χ0) is 12.3. The first-order chi connectivity index (χ1) is 8.20. The molecule has 90 valence electrons. The molecule has 1 unspecified atom stereocenters. The number of aryl methyl sites for hydroxylation is 1. The van der Waals surface area contributed by atoms with Crippen LogP contribution in [0.4, 0.5) is 0 Å². The molecule has 4 heteroatoms. The molecule has 2 rings (SSSR count). The Morgan fingerprint density at radius 2 is 2.29 bits per heavy atom. The Morgan fingerprint density at radius 1 is 1.47 bits per heavy atom. The van der Waals surface area contributed by atoms with Crippen molar-refractivity contribution in [1.82, 2.24) is 10.3 Å². The largest absolute Gasteiger partial charge is 0.313 e. The van der Waals surface area contributed by atoms with Crippen molar-refractivity contribution in [3.63, 3.8) is 0 Å². The third-order valence-corrected chi connectivity index (χ3v) is 3.87. The van der Waals surface area contributed by atoms with E-state index in [0.717, 1.165) is 22.0 Å². The van der Waals surface area contributed by atoms with E-state index in [0.29, 0.717) is 0 Å². The number of thiazole rings is 1. The summed E-state index contributed by atoms with van der Waals surface area (Å²) >= 11 is 7.96. The van der Waals surface area contributed by atoms with E-state index < -0.39 is 0 Å². The summed E-state index contributed by atoms with van der Waals surface area (Å²) in [5.41, 5.74) is 2.32. The summed E-state index contributed by atoms with van der Waals surface area (Å²) in [4.78, 5) is 4.31. The van der Waals surface area contributed by atoms with Gasteiger partial charge >= 0.3 is 0 Å². The minimum atomic E-state index is 0.217. The van der Waals surface area contributed by atoms with Crippen molar-refractivity contribution in [3.8, 4) is 0 Å². The van der Waals surface area contributed by atoms with Crippen molar-refractivity contribution >= 4 is 22.9 Å². The molecule has 1 atom stereocenters. The van der Waals surface area contributed by atoms with Crippen molar-refractivity contribution in [2.45, 2.75) is 19.4 Å². The van der Waals surface area contributed by atoms with Crippen LogP contribution in [0.1, 0.15) is 22.2 Å². The molecule has 1 aromatic carbocycles. The molecule has 0 aliphatic rings. The highest BCUT2D eigenvalue weighted by atomic mass is 35.5. The van der Waals surface area contributed by atoms with E-state index in [4.69, 9.17) is 11.6 Å². The van der Waals surface area contributed by atoms with Gasteiger partial charge in [0.25, 0.3) is 0 Å². The van der Waals surface area contributed by atoms with Gasteiger partial charge in [-0.3, -0.25) is 0 Å². The van der Waals surface area contributed by atoms with Gasteiger partial charge < -0.3 is 5.32 Å². The van der Waals surface area contributed by atoms with Crippen molar-refractivity contribution in [2.24, 2.45) is 0 Å². The first kappa shape index (κ1) is 12.6. The van der Waals surface area contributed by atoms with E-state index >= 15 is 0 Å². The Bertz CT molecular complexity index is 482. The van der Waals surface area contributed by atoms with Gasteiger partial charge in [0.2, 0.25) is 0 Å². The molecule has 0 spiro atoms. The molecule has 0 aliphatic carbocycles. The molecule has 0 bridgehead atoms. The Kier molecular flexibility index (Phi) is 4.15. The Labute approximate surface area is 111 Å². The van der Waals surface area contributed by atoms with Gasteiger partial charge in [0.05, 0.1) is 5.01 Å². The molecule has 0 radical (unpaired) electrons. The average molecular weight is 267 g/mol. The second kappa shape index (κ2) is 5.63. The highest BCUT2D eigenvalue weighted by Gasteiger charge is 2.14. The molecule has 2 nitrogen and oxygen atoms in total. The molecule has 0 saturated heterocycles. The van der Waals surface area contributed by atoms with Crippen LogP contribution < -0.4 is 5.32 Å². The Hall–Kier alpha value is -0.900. The van der Waals surface area contributed by atoms with Gasteiger partial charge in [-0.05, 0) is 31.2 Å². The highest BCUT2D eigenvalue weighted by Crippen LogP contribution is 2.27. The maximum absolute atomic E-state index is 6.29. The molecular formula is C13H15ClN2S. The van der Waals surface area contributed by atoms with Crippen LogP contribution in [0.2, 0.25) is 5.02 Å². The van der Waals surface area contributed by atoms with Crippen LogP contribution in [0.25, 0.3) is 0 Å². The molecule has 0 aliphatic heterocycles. The summed E-state index contributed by atoms with van der Waals surface area (Å²) in [7, 11) is 1.95. The van der Waals surface area contributed by atoms with E-state index in [1.54, 1.807) is 11.3 Å². The summed E-state index contributed by atoms with van der Waals surface area (Å²) in [5.74, 6) is 0. The first-order valence-corrected chi connectivity index (χ1v) is 6.78. The van der Waals surface area contributed by atoms with Crippen molar-refractivity contribution in [3.05, 3.63) is 50.9 Å². The molecule has 17 heavy (non-hydrogen) atoms. The monoisotopic (exact) mass is 266 g/mol. The van der Waals surface area contributed by atoms with Gasteiger partial charge in [-0.25, -0.2) is 4.98 Å². The van der Waals surface area contributed by atoms with Crippen LogP contribution in [0.3, 0.4) is 0 Å². The van der Waals surface area contributed by atoms with E-state index in [1.807, 2.05) is 31.6 Å². The third kappa shape index (κ3) is 3.06. The van der Waals surface area contributed by atoms with Gasteiger partial charge in [-0.2, -0.15) is 0 Å².